The van der Waals surface area contributed by atoms with Crippen LogP contribution in [0, 0.1) is 5.95 Å². The lowest BCUT2D eigenvalue weighted by Crippen LogP contribution is -2.45. The van der Waals surface area contributed by atoms with Crippen molar-refractivity contribution in [1.29, 1.82) is 0 Å². The molecule has 0 radical (unpaired) electrons. The van der Waals surface area contributed by atoms with Crippen molar-refractivity contribution < 1.29 is 31.9 Å². The number of likely N-dealkylation sites (N-methyl/N-ethyl adjacent to an activating group) is 1. The zero-order valence-corrected chi connectivity index (χ0v) is 26.6. The summed E-state index contributed by atoms with van der Waals surface area (Å²) < 4.78 is 63.1. The van der Waals surface area contributed by atoms with E-state index in [1.165, 1.54) is 22.9 Å². The molecule has 5 rings (SSSR count). The van der Waals surface area contributed by atoms with Crippen LogP contribution < -0.4 is 16.1 Å². The van der Waals surface area contributed by atoms with Crippen molar-refractivity contribution in [3.05, 3.63) is 57.3 Å². The van der Waals surface area contributed by atoms with Gasteiger partial charge in [0.15, 0.2) is 5.69 Å². The minimum absolute atomic E-state index is 0.00397. The summed E-state index contributed by atoms with van der Waals surface area (Å²) in [5, 5.41) is 5.57. The van der Waals surface area contributed by atoms with Crippen LogP contribution in [0.4, 0.5) is 28.2 Å². The topological polar surface area (TPSA) is 135 Å². The molecule has 1 aliphatic heterocycles. The van der Waals surface area contributed by atoms with Crippen LogP contribution in [-0.2, 0) is 17.5 Å². The number of urea groups is 1. The molecule has 5 heterocycles. The molecule has 2 amide bonds. The summed E-state index contributed by atoms with van der Waals surface area (Å²) in [6.07, 6.45) is -2.27. The number of carbonyl (C=O) groups is 2. The Labute approximate surface area is 270 Å². The number of anilines is 1. The largest absolute Gasteiger partial charge is 0.462 e. The van der Waals surface area contributed by atoms with Gasteiger partial charge in [-0.1, -0.05) is 0 Å². The number of nitrogens with zero attached hydrogens (tertiary/aromatic N) is 6. The number of hydrogen-bond donors (Lipinski definition) is 2. The van der Waals surface area contributed by atoms with E-state index < -0.39 is 35.2 Å². The number of alkyl halides is 3. The van der Waals surface area contributed by atoms with Gasteiger partial charge in [-0.15, -0.1) is 11.3 Å². The molecular weight excluding hydrogens is 644 g/mol. The third kappa shape index (κ3) is 7.58. The number of nitrogens with one attached hydrogen (secondary N) is 2. The van der Waals surface area contributed by atoms with Crippen LogP contribution in [0.15, 0.2) is 34.7 Å². The molecule has 1 saturated heterocycles. The number of rotatable bonds is 9. The zero-order valence-electron chi connectivity index (χ0n) is 25.8. The number of amides is 2. The van der Waals surface area contributed by atoms with Gasteiger partial charge >= 0.3 is 18.2 Å². The van der Waals surface area contributed by atoms with E-state index in [1.807, 2.05) is 7.05 Å². The van der Waals surface area contributed by atoms with Crippen molar-refractivity contribution in [2.24, 2.45) is 0 Å². The monoisotopic (exact) mass is 676 g/mol. The first kappa shape index (κ1) is 33.9. The quantitative estimate of drug-likeness (QED) is 0.151. The van der Waals surface area contributed by atoms with Crippen LogP contribution in [0.5, 0.6) is 0 Å². The van der Waals surface area contributed by atoms with E-state index in [0.29, 0.717) is 24.4 Å². The molecule has 0 aliphatic carbocycles. The van der Waals surface area contributed by atoms with Gasteiger partial charge in [0.05, 0.1) is 12.0 Å². The third-order valence-electron chi connectivity index (χ3n) is 7.55. The van der Waals surface area contributed by atoms with E-state index in [-0.39, 0.29) is 57.3 Å². The Morgan fingerprint density at radius 3 is 2.45 bits per heavy atom. The van der Waals surface area contributed by atoms with Crippen LogP contribution in [0.2, 0.25) is 0 Å². The molecule has 0 unspecified atom stereocenters. The Bertz CT molecular complexity index is 1850. The highest BCUT2D eigenvalue weighted by Gasteiger charge is 2.34. The average Bonchev–Trinajstić information content (AvgIpc) is 3.53. The molecule has 4 aromatic heterocycles. The molecule has 0 bridgehead atoms. The minimum atomic E-state index is -4.74. The lowest BCUT2D eigenvalue weighted by Gasteiger charge is -2.32. The Morgan fingerprint density at radius 2 is 1.79 bits per heavy atom. The van der Waals surface area contributed by atoms with Gasteiger partial charge in [0.1, 0.15) is 22.0 Å². The van der Waals surface area contributed by atoms with Crippen molar-refractivity contribution in [3.63, 3.8) is 0 Å². The SMILES string of the molecule is CCNC(=O)Nc1cc(-c2nc(C(F)(F)F)cs2)c(-c2cc3c(=O)c(C(=O)OCC)cn(CCN4CCN(C)CC4)c3nc2F)cn1. The standard InChI is InChI=1S/C30H32F4N8O4S/c1-4-35-29(45)38-23-13-18(27-37-22(16-47-27)30(32,33)34)20(14-36-23)17-12-19-24(43)21(28(44)46-5-2)15-42(26(19)39-25(17)31)11-10-41-8-6-40(3)7-9-41/h12-16H,4-11H2,1-3H3,(H2,35,36,38,45). The third-order valence-corrected chi connectivity index (χ3v) is 8.42. The van der Waals surface area contributed by atoms with E-state index in [2.05, 4.69) is 35.4 Å². The summed E-state index contributed by atoms with van der Waals surface area (Å²) in [4.78, 5) is 55.0. The number of fused-ring (bicyclic) bond motifs is 1. The number of aromatic nitrogens is 4. The average molecular weight is 677 g/mol. The predicted octanol–water partition coefficient (Wildman–Crippen LogP) is 4.31. The number of halogens is 4. The summed E-state index contributed by atoms with van der Waals surface area (Å²) in [5.74, 6) is -1.93. The second kappa shape index (κ2) is 14.1. The normalized spacial score (nSPS) is 14.4. The summed E-state index contributed by atoms with van der Waals surface area (Å²) >= 11 is 0.659. The molecule has 0 spiro atoms. The Hall–Kier alpha value is -4.48. The fourth-order valence-electron chi connectivity index (χ4n) is 5.09. The van der Waals surface area contributed by atoms with Gasteiger partial charge in [0, 0.05) is 80.3 Å². The van der Waals surface area contributed by atoms with E-state index in [9.17, 15) is 27.6 Å². The highest BCUT2D eigenvalue weighted by Crippen LogP contribution is 2.39. The lowest BCUT2D eigenvalue weighted by atomic mass is 10.0. The van der Waals surface area contributed by atoms with Crippen molar-refractivity contribution in [2.45, 2.75) is 26.6 Å². The Balaban J connectivity index is 1.65. The summed E-state index contributed by atoms with van der Waals surface area (Å²) in [6, 6.07) is 1.84. The minimum Gasteiger partial charge on any atom is -0.462 e. The molecule has 12 nitrogen and oxygen atoms in total. The van der Waals surface area contributed by atoms with Gasteiger partial charge in [0.25, 0.3) is 0 Å². The fourth-order valence-corrected chi connectivity index (χ4v) is 5.94. The van der Waals surface area contributed by atoms with Crippen LogP contribution in [0.3, 0.4) is 0 Å². The number of hydrogen-bond acceptors (Lipinski definition) is 10. The van der Waals surface area contributed by atoms with Crippen LogP contribution in [0.25, 0.3) is 32.7 Å². The first-order valence-electron chi connectivity index (χ1n) is 14.8. The summed E-state index contributed by atoms with van der Waals surface area (Å²) in [6.45, 7) is 7.78. The highest BCUT2D eigenvalue weighted by molar-refractivity contribution is 7.13. The van der Waals surface area contributed by atoms with Crippen molar-refractivity contribution in [2.75, 3.05) is 58.2 Å². The number of piperazine rings is 1. The van der Waals surface area contributed by atoms with E-state index in [0.717, 1.165) is 37.8 Å². The summed E-state index contributed by atoms with van der Waals surface area (Å²) in [7, 11) is 2.03. The number of thiazole rings is 1. The molecule has 1 fully saturated rings. The zero-order chi connectivity index (χ0) is 33.9. The first-order chi connectivity index (χ1) is 22.4. The van der Waals surface area contributed by atoms with Crippen LogP contribution in [-0.4, -0.2) is 94.2 Å². The molecule has 17 heteroatoms. The molecule has 0 aromatic carbocycles. The van der Waals surface area contributed by atoms with Gasteiger partial charge in [-0.3, -0.25) is 15.0 Å². The molecular formula is C30H32F4N8O4S. The van der Waals surface area contributed by atoms with Gasteiger partial charge < -0.3 is 19.5 Å². The number of pyridine rings is 3. The number of esters is 1. The van der Waals surface area contributed by atoms with Crippen LogP contribution in [0.1, 0.15) is 29.9 Å². The van der Waals surface area contributed by atoms with Gasteiger partial charge in [-0.25, -0.2) is 24.5 Å². The predicted molar refractivity (Wildman–Crippen MR) is 168 cm³/mol. The maximum atomic E-state index is 16.0. The molecule has 4 aromatic rings. The molecule has 47 heavy (non-hydrogen) atoms. The van der Waals surface area contributed by atoms with E-state index in [4.69, 9.17) is 4.74 Å². The lowest BCUT2D eigenvalue weighted by molar-refractivity contribution is -0.140. The fraction of sp³-hybridized carbons (Fsp3) is 0.400. The second-order valence-electron chi connectivity index (χ2n) is 10.8. The van der Waals surface area contributed by atoms with Crippen molar-refractivity contribution >= 4 is 40.2 Å². The summed E-state index contributed by atoms with van der Waals surface area (Å²) in [5.41, 5.74) is -2.49. The molecule has 250 valence electrons. The maximum Gasteiger partial charge on any atom is 0.434 e. The molecule has 2 N–H and O–H groups in total. The number of carbonyl (C=O) groups excluding carboxylic acids is 2. The van der Waals surface area contributed by atoms with Gasteiger partial charge in [-0.2, -0.15) is 17.6 Å². The molecule has 0 atom stereocenters. The van der Waals surface area contributed by atoms with Crippen molar-refractivity contribution in [1.82, 2.24) is 34.6 Å². The second-order valence-corrected chi connectivity index (χ2v) is 11.6. The van der Waals surface area contributed by atoms with Gasteiger partial charge in [-0.05, 0) is 33.0 Å². The Kier molecular flexibility index (Phi) is 10.2. The highest BCUT2D eigenvalue weighted by atomic mass is 32.1. The van der Waals surface area contributed by atoms with E-state index in [1.54, 1.807) is 13.8 Å². The van der Waals surface area contributed by atoms with Crippen molar-refractivity contribution in [3.8, 4) is 21.7 Å². The Morgan fingerprint density at radius 1 is 1.04 bits per heavy atom. The molecule has 0 saturated carbocycles. The maximum absolute atomic E-state index is 16.0. The first-order valence-corrected chi connectivity index (χ1v) is 15.7. The van der Waals surface area contributed by atoms with E-state index >= 15 is 4.39 Å². The number of ether oxygens (including phenoxy) is 1. The molecule has 1 aliphatic rings. The van der Waals surface area contributed by atoms with Crippen LogP contribution >= 0.6 is 11.3 Å². The van der Waals surface area contributed by atoms with Gasteiger partial charge in [0.2, 0.25) is 11.4 Å². The smallest absolute Gasteiger partial charge is 0.434 e.